The number of nitrogens with one attached hydrogen (secondary N) is 1. The van der Waals surface area contributed by atoms with Crippen molar-refractivity contribution < 1.29 is 19.1 Å². The molecule has 0 aliphatic carbocycles. The van der Waals surface area contributed by atoms with Crippen LogP contribution < -0.4 is 5.32 Å². The molecule has 1 aromatic carbocycles. The van der Waals surface area contributed by atoms with E-state index in [2.05, 4.69) is 54.1 Å². The number of aromatic nitrogens is 4. The normalized spacial score (nSPS) is 21.5. The number of hydrogen-bond acceptors (Lipinski definition) is 7. The SMILES string of the molecule is CC(C)(C)[Si](C)(C)OC[C@@H]1O[C@@H](n2cnc3c(NC(=O)c4ccccc4)ncnc32)C[C@@H]1O. The number of fused-ring (bicyclic) bond motifs is 1. The molecule has 0 saturated carbocycles. The standard InChI is InChI=1S/C23H31N5O4Si/c1-23(2,3)33(4,5)31-12-17-16(29)11-18(32-17)28-14-26-19-20(24-13-25-21(19)28)27-22(30)15-9-7-6-8-10-15/h6-10,13-14,16-18,29H,11-12H2,1-5H3,(H,24,25,27,30)/t16-,17-,18+/m0/s1. The van der Waals surface area contributed by atoms with Crippen LogP contribution in [0.3, 0.4) is 0 Å². The molecule has 2 aromatic heterocycles. The molecule has 1 fully saturated rings. The molecular weight excluding hydrogens is 438 g/mol. The summed E-state index contributed by atoms with van der Waals surface area (Å²) in [6, 6.07) is 8.90. The highest BCUT2D eigenvalue weighted by atomic mass is 28.4. The van der Waals surface area contributed by atoms with Crippen LogP contribution in [-0.2, 0) is 9.16 Å². The van der Waals surface area contributed by atoms with E-state index < -0.39 is 26.8 Å². The van der Waals surface area contributed by atoms with Crippen molar-refractivity contribution in [1.29, 1.82) is 0 Å². The van der Waals surface area contributed by atoms with Crippen molar-refractivity contribution in [1.82, 2.24) is 19.5 Å². The van der Waals surface area contributed by atoms with Crippen molar-refractivity contribution in [2.75, 3.05) is 11.9 Å². The molecule has 3 aromatic rings. The third kappa shape index (κ3) is 4.84. The number of rotatable bonds is 6. The topological polar surface area (TPSA) is 111 Å². The molecule has 1 saturated heterocycles. The van der Waals surface area contributed by atoms with Crippen molar-refractivity contribution in [2.45, 2.75) is 63.8 Å². The zero-order valence-corrected chi connectivity index (χ0v) is 20.6. The minimum atomic E-state index is -1.96. The largest absolute Gasteiger partial charge is 0.414 e. The second kappa shape index (κ2) is 8.94. The van der Waals surface area contributed by atoms with Gasteiger partial charge in [0.15, 0.2) is 25.3 Å². The maximum atomic E-state index is 12.6. The fourth-order valence-electron chi connectivity index (χ4n) is 3.47. The summed E-state index contributed by atoms with van der Waals surface area (Å²) >= 11 is 0. The molecule has 0 bridgehead atoms. The number of benzene rings is 1. The van der Waals surface area contributed by atoms with Gasteiger partial charge in [0.05, 0.1) is 19.0 Å². The van der Waals surface area contributed by atoms with Gasteiger partial charge >= 0.3 is 0 Å². The van der Waals surface area contributed by atoms with E-state index in [1.165, 1.54) is 6.33 Å². The minimum Gasteiger partial charge on any atom is -0.414 e. The van der Waals surface area contributed by atoms with Gasteiger partial charge in [0.1, 0.15) is 18.7 Å². The van der Waals surface area contributed by atoms with Gasteiger partial charge in [-0.3, -0.25) is 9.36 Å². The summed E-state index contributed by atoms with van der Waals surface area (Å²) in [5.41, 5.74) is 1.51. The highest BCUT2D eigenvalue weighted by Crippen LogP contribution is 2.38. The van der Waals surface area contributed by atoms with E-state index in [0.29, 0.717) is 35.6 Å². The average Bonchev–Trinajstić information content (AvgIpc) is 3.36. The van der Waals surface area contributed by atoms with Crippen molar-refractivity contribution >= 4 is 31.2 Å². The molecular formula is C23H31N5O4Si. The number of aliphatic hydroxyl groups excluding tert-OH is 1. The minimum absolute atomic E-state index is 0.0774. The quantitative estimate of drug-likeness (QED) is 0.529. The number of carbonyl (C=O) groups is 1. The Morgan fingerprint density at radius 2 is 1.97 bits per heavy atom. The first-order valence-electron chi connectivity index (χ1n) is 11.1. The smallest absolute Gasteiger partial charge is 0.256 e. The number of anilines is 1. The summed E-state index contributed by atoms with van der Waals surface area (Å²) in [5, 5.41) is 13.5. The van der Waals surface area contributed by atoms with E-state index in [9.17, 15) is 9.90 Å². The number of hydrogen-bond donors (Lipinski definition) is 2. The number of carbonyl (C=O) groups excluding carboxylic acids is 1. The van der Waals surface area contributed by atoms with Crippen LogP contribution in [0.4, 0.5) is 5.82 Å². The van der Waals surface area contributed by atoms with Gasteiger partial charge in [-0.05, 0) is 30.3 Å². The third-order valence-electron chi connectivity index (χ3n) is 6.56. The highest BCUT2D eigenvalue weighted by Gasteiger charge is 2.41. The van der Waals surface area contributed by atoms with E-state index in [-0.39, 0.29) is 10.9 Å². The molecule has 33 heavy (non-hydrogen) atoms. The van der Waals surface area contributed by atoms with Crippen LogP contribution in [0.1, 0.15) is 43.8 Å². The van der Waals surface area contributed by atoms with Gasteiger partial charge in [-0.25, -0.2) is 15.0 Å². The fourth-order valence-corrected chi connectivity index (χ4v) is 4.48. The number of amides is 1. The summed E-state index contributed by atoms with van der Waals surface area (Å²) in [6.45, 7) is 11.2. The summed E-state index contributed by atoms with van der Waals surface area (Å²) < 4.78 is 14.2. The molecule has 1 aliphatic heterocycles. The molecule has 2 N–H and O–H groups in total. The first-order valence-corrected chi connectivity index (χ1v) is 14.0. The Morgan fingerprint density at radius 3 is 2.67 bits per heavy atom. The molecule has 0 unspecified atom stereocenters. The van der Waals surface area contributed by atoms with Crippen LogP contribution in [0.25, 0.3) is 11.2 Å². The molecule has 176 valence electrons. The first-order chi connectivity index (χ1) is 15.6. The van der Waals surface area contributed by atoms with Crippen molar-refractivity contribution in [3.63, 3.8) is 0 Å². The van der Waals surface area contributed by atoms with Gasteiger partial charge in [0.2, 0.25) is 0 Å². The van der Waals surface area contributed by atoms with Crippen LogP contribution in [0.5, 0.6) is 0 Å². The number of aliphatic hydroxyl groups is 1. The summed E-state index contributed by atoms with van der Waals surface area (Å²) in [5.74, 6) is 0.0458. The van der Waals surface area contributed by atoms with Crippen LogP contribution in [0.2, 0.25) is 18.1 Å². The van der Waals surface area contributed by atoms with Gasteiger partial charge < -0.3 is 19.6 Å². The third-order valence-corrected chi connectivity index (χ3v) is 11.1. The summed E-state index contributed by atoms with van der Waals surface area (Å²) in [6.07, 6.45) is 1.85. The van der Waals surface area contributed by atoms with E-state index in [4.69, 9.17) is 9.16 Å². The Morgan fingerprint density at radius 1 is 1.24 bits per heavy atom. The highest BCUT2D eigenvalue weighted by molar-refractivity contribution is 6.74. The number of imidazole rings is 1. The van der Waals surface area contributed by atoms with Crippen LogP contribution >= 0.6 is 0 Å². The molecule has 1 amide bonds. The maximum Gasteiger partial charge on any atom is 0.256 e. The van der Waals surface area contributed by atoms with Gasteiger partial charge in [-0.2, -0.15) is 0 Å². The van der Waals surface area contributed by atoms with Gasteiger partial charge in [-0.15, -0.1) is 0 Å². The Bertz CT molecular complexity index is 1130. The Balaban J connectivity index is 1.49. The van der Waals surface area contributed by atoms with E-state index in [1.54, 1.807) is 35.2 Å². The Labute approximate surface area is 194 Å². The zero-order chi connectivity index (χ0) is 23.8. The lowest BCUT2D eigenvalue weighted by Gasteiger charge is -2.37. The van der Waals surface area contributed by atoms with Crippen LogP contribution in [-0.4, -0.2) is 57.7 Å². The molecule has 3 atom stereocenters. The second-order valence-corrected chi connectivity index (χ2v) is 14.7. The molecule has 10 heteroatoms. The lowest BCUT2D eigenvalue weighted by molar-refractivity contribution is -0.0405. The van der Waals surface area contributed by atoms with Gasteiger partial charge in [-0.1, -0.05) is 39.0 Å². The lowest BCUT2D eigenvalue weighted by atomic mass is 10.2. The van der Waals surface area contributed by atoms with E-state index in [1.807, 2.05) is 6.07 Å². The number of nitrogens with zero attached hydrogens (tertiary/aromatic N) is 4. The Hall–Kier alpha value is -2.66. The molecule has 0 spiro atoms. The first kappa shape index (κ1) is 23.5. The molecule has 4 rings (SSSR count). The monoisotopic (exact) mass is 469 g/mol. The average molecular weight is 470 g/mol. The maximum absolute atomic E-state index is 12.6. The Kier molecular flexibility index (Phi) is 6.36. The van der Waals surface area contributed by atoms with Gasteiger partial charge in [0.25, 0.3) is 5.91 Å². The van der Waals surface area contributed by atoms with E-state index in [0.717, 1.165) is 0 Å². The predicted molar refractivity (Wildman–Crippen MR) is 127 cm³/mol. The van der Waals surface area contributed by atoms with Crippen molar-refractivity contribution in [2.24, 2.45) is 0 Å². The zero-order valence-electron chi connectivity index (χ0n) is 19.6. The van der Waals surface area contributed by atoms with Crippen LogP contribution in [0, 0.1) is 0 Å². The van der Waals surface area contributed by atoms with Crippen molar-refractivity contribution in [3.05, 3.63) is 48.5 Å². The molecule has 1 aliphatic rings. The predicted octanol–water partition coefficient (Wildman–Crippen LogP) is 3.75. The second-order valence-electron chi connectivity index (χ2n) is 9.87. The summed E-state index contributed by atoms with van der Waals surface area (Å²) in [4.78, 5) is 25.5. The van der Waals surface area contributed by atoms with Crippen molar-refractivity contribution in [3.8, 4) is 0 Å². The van der Waals surface area contributed by atoms with Crippen LogP contribution in [0.15, 0.2) is 43.0 Å². The molecule has 3 heterocycles. The molecule has 9 nitrogen and oxygen atoms in total. The van der Waals surface area contributed by atoms with E-state index >= 15 is 0 Å². The summed E-state index contributed by atoms with van der Waals surface area (Å²) in [7, 11) is -1.96. The van der Waals surface area contributed by atoms with Gasteiger partial charge in [0, 0.05) is 12.0 Å². The number of ether oxygens (including phenoxy) is 1. The molecule has 0 radical (unpaired) electrons. The fraction of sp³-hybridized carbons (Fsp3) is 0.478. The lowest BCUT2D eigenvalue weighted by Crippen LogP contribution is -2.43.